The van der Waals surface area contributed by atoms with Gasteiger partial charge in [0.05, 0.1) is 23.8 Å². The number of H-pyrrole nitrogens is 2. The number of nitrogens with one attached hydrogen (secondary N) is 2. The van der Waals surface area contributed by atoms with Gasteiger partial charge in [0.1, 0.15) is 17.3 Å². The molecule has 6 heteroatoms. The summed E-state index contributed by atoms with van der Waals surface area (Å²) in [6.07, 6.45) is 0. The number of aromatic nitrogens is 4. The second kappa shape index (κ2) is 5.24. The van der Waals surface area contributed by atoms with Crippen molar-refractivity contribution >= 4 is 11.0 Å². The molecule has 4 aromatic rings. The Morgan fingerprint density at radius 2 is 1.96 bits per heavy atom. The van der Waals surface area contributed by atoms with Crippen LogP contribution < -0.4 is 4.74 Å². The first-order chi connectivity index (χ1) is 11.2. The van der Waals surface area contributed by atoms with Gasteiger partial charge in [-0.25, -0.2) is 9.37 Å². The highest BCUT2D eigenvalue weighted by atomic mass is 19.1. The summed E-state index contributed by atoms with van der Waals surface area (Å²) in [5, 5.41) is 7.08. The third kappa shape index (κ3) is 2.34. The lowest BCUT2D eigenvalue weighted by Crippen LogP contribution is -1.88. The van der Waals surface area contributed by atoms with Crippen LogP contribution in [0.25, 0.3) is 33.8 Å². The van der Waals surface area contributed by atoms with E-state index in [4.69, 9.17) is 4.74 Å². The maximum Gasteiger partial charge on any atom is 0.156 e. The Hall–Kier alpha value is -3.15. The zero-order valence-electron chi connectivity index (χ0n) is 12.3. The second-order valence-electron chi connectivity index (χ2n) is 5.12. The predicted molar refractivity (Wildman–Crippen MR) is 85.6 cm³/mol. The summed E-state index contributed by atoms with van der Waals surface area (Å²) >= 11 is 0. The number of nitrogens with zero attached hydrogens (tertiary/aromatic N) is 2. The van der Waals surface area contributed by atoms with E-state index in [1.54, 1.807) is 18.2 Å². The molecule has 0 aliphatic heterocycles. The highest BCUT2D eigenvalue weighted by Crippen LogP contribution is 2.27. The SMILES string of the molecule is COc1ccc(-c2cc(-c3nc4ccccc4[nH]3)[nH]n2)c(F)c1. The standard InChI is InChI=1S/C17H13FN4O/c1-23-10-6-7-11(12(18)8-10)15-9-16(22-21-15)17-19-13-4-2-3-5-14(13)20-17/h2-9H,1H3,(H,19,20)(H,21,22). The second-order valence-corrected chi connectivity index (χ2v) is 5.12. The number of hydrogen-bond acceptors (Lipinski definition) is 3. The van der Waals surface area contributed by atoms with E-state index in [-0.39, 0.29) is 5.82 Å². The van der Waals surface area contributed by atoms with Gasteiger partial charge in [-0.1, -0.05) is 12.1 Å². The Kier molecular flexibility index (Phi) is 3.08. The van der Waals surface area contributed by atoms with Crippen molar-refractivity contribution in [2.75, 3.05) is 7.11 Å². The number of halogens is 1. The molecule has 0 fully saturated rings. The van der Waals surface area contributed by atoms with Crippen molar-refractivity contribution in [2.24, 2.45) is 0 Å². The Labute approximate surface area is 131 Å². The zero-order chi connectivity index (χ0) is 15.8. The first-order valence-electron chi connectivity index (χ1n) is 7.09. The van der Waals surface area contributed by atoms with Gasteiger partial charge in [-0.15, -0.1) is 0 Å². The molecule has 0 aliphatic carbocycles. The molecule has 114 valence electrons. The minimum atomic E-state index is -0.382. The fraction of sp³-hybridized carbons (Fsp3) is 0.0588. The van der Waals surface area contributed by atoms with Gasteiger partial charge in [0.2, 0.25) is 0 Å². The van der Waals surface area contributed by atoms with Gasteiger partial charge < -0.3 is 9.72 Å². The van der Waals surface area contributed by atoms with Gasteiger partial charge in [-0.05, 0) is 30.3 Å². The molecule has 5 nitrogen and oxygen atoms in total. The number of benzene rings is 2. The van der Waals surface area contributed by atoms with Crippen LogP contribution in [0.1, 0.15) is 0 Å². The van der Waals surface area contributed by atoms with E-state index in [2.05, 4.69) is 20.2 Å². The van der Waals surface area contributed by atoms with Crippen molar-refractivity contribution in [1.29, 1.82) is 0 Å². The average Bonchev–Trinajstić information content (AvgIpc) is 3.21. The van der Waals surface area contributed by atoms with E-state index >= 15 is 0 Å². The monoisotopic (exact) mass is 308 g/mol. The van der Waals surface area contributed by atoms with E-state index in [0.717, 1.165) is 11.0 Å². The molecule has 4 rings (SSSR count). The van der Waals surface area contributed by atoms with Crippen LogP contribution >= 0.6 is 0 Å². The Morgan fingerprint density at radius 3 is 2.74 bits per heavy atom. The van der Waals surface area contributed by atoms with E-state index in [1.807, 2.05) is 24.3 Å². The van der Waals surface area contributed by atoms with E-state index < -0.39 is 0 Å². The highest BCUT2D eigenvalue weighted by Gasteiger charge is 2.13. The molecule has 0 atom stereocenters. The van der Waals surface area contributed by atoms with Gasteiger partial charge in [0.25, 0.3) is 0 Å². The Morgan fingerprint density at radius 1 is 1.09 bits per heavy atom. The minimum absolute atomic E-state index is 0.382. The van der Waals surface area contributed by atoms with Crippen molar-refractivity contribution < 1.29 is 9.13 Å². The number of imidazole rings is 1. The maximum atomic E-state index is 14.1. The summed E-state index contributed by atoms with van der Waals surface area (Å²) in [5.74, 6) is 0.755. The normalized spacial score (nSPS) is 11.0. The maximum absolute atomic E-state index is 14.1. The van der Waals surface area contributed by atoms with Crippen molar-refractivity contribution in [3.8, 4) is 28.5 Å². The Balaban J connectivity index is 1.74. The number of rotatable bonds is 3. The summed E-state index contributed by atoms with van der Waals surface area (Å²) in [6, 6.07) is 14.2. The van der Waals surface area contributed by atoms with Crippen LogP contribution in [0.2, 0.25) is 0 Å². The number of ether oxygens (including phenoxy) is 1. The average molecular weight is 308 g/mol. The van der Waals surface area contributed by atoms with Crippen molar-refractivity contribution in [2.45, 2.75) is 0 Å². The number of para-hydroxylation sites is 2. The molecule has 0 unspecified atom stereocenters. The molecule has 2 N–H and O–H groups in total. The van der Waals surface area contributed by atoms with Gasteiger partial charge in [0.15, 0.2) is 5.82 Å². The van der Waals surface area contributed by atoms with Crippen LogP contribution in [0.3, 0.4) is 0 Å². The molecule has 0 saturated carbocycles. The lowest BCUT2D eigenvalue weighted by molar-refractivity contribution is 0.411. The third-order valence-electron chi connectivity index (χ3n) is 3.67. The van der Waals surface area contributed by atoms with Gasteiger partial charge in [-0.2, -0.15) is 5.10 Å². The molecule has 0 amide bonds. The summed E-state index contributed by atoms with van der Waals surface area (Å²) < 4.78 is 19.2. The number of aromatic amines is 2. The molecule has 2 aromatic heterocycles. The molecule has 0 radical (unpaired) electrons. The number of hydrogen-bond donors (Lipinski definition) is 2. The molecule has 23 heavy (non-hydrogen) atoms. The quantitative estimate of drug-likeness (QED) is 0.605. The largest absolute Gasteiger partial charge is 0.497 e. The van der Waals surface area contributed by atoms with Crippen LogP contribution in [-0.4, -0.2) is 27.3 Å². The van der Waals surface area contributed by atoms with Crippen LogP contribution in [0.5, 0.6) is 5.75 Å². The van der Waals surface area contributed by atoms with E-state index in [1.165, 1.54) is 13.2 Å². The van der Waals surface area contributed by atoms with Crippen molar-refractivity contribution in [3.63, 3.8) is 0 Å². The smallest absolute Gasteiger partial charge is 0.156 e. The van der Waals surface area contributed by atoms with Crippen LogP contribution in [0.4, 0.5) is 4.39 Å². The highest BCUT2D eigenvalue weighted by molar-refractivity contribution is 5.79. The molecule has 0 bridgehead atoms. The fourth-order valence-corrected chi connectivity index (χ4v) is 2.49. The molecule has 0 aliphatic rings. The first-order valence-corrected chi connectivity index (χ1v) is 7.09. The molecular weight excluding hydrogens is 295 g/mol. The fourth-order valence-electron chi connectivity index (χ4n) is 2.49. The van der Waals surface area contributed by atoms with Gasteiger partial charge in [-0.3, -0.25) is 5.10 Å². The summed E-state index contributed by atoms with van der Waals surface area (Å²) in [5.41, 5.74) is 3.43. The first kappa shape index (κ1) is 13.5. The van der Waals surface area contributed by atoms with E-state index in [0.29, 0.717) is 28.5 Å². The molecule has 0 spiro atoms. The van der Waals surface area contributed by atoms with Crippen LogP contribution in [0.15, 0.2) is 48.5 Å². The summed E-state index contributed by atoms with van der Waals surface area (Å²) in [6.45, 7) is 0. The van der Waals surface area contributed by atoms with E-state index in [9.17, 15) is 4.39 Å². The number of methoxy groups -OCH3 is 1. The molecular formula is C17H13FN4O. The zero-order valence-corrected chi connectivity index (χ0v) is 12.3. The van der Waals surface area contributed by atoms with Gasteiger partial charge >= 0.3 is 0 Å². The topological polar surface area (TPSA) is 66.6 Å². The lowest BCUT2D eigenvalue weighted by Gasteiger charge is -2.02. The minimum Gasteiger partial charge on any atom is -0.497 e. The van der Waals surface area contributed by atoms with Crippen molar-refractivity contribution in [1.82, 2.24) is 20.2 Å². The van der Waals surface area contributed by atoms with Gasteiger partial charge in [0, 0.05) is 11.6 Å². The van der Waals surface area contributed by atoms with Crippen LogP contribution in [0, 0.1) is 5.82 Å². The van der Waals surface area contributed by atoms with Crippen LogP contribution in [-0.2, 0) is 0 Å². The third-order valence-corrected chi connectivity index (χ3v) is 3.67. The molecule has 2 heterocycles. The molecule has 0 saturated heterocycles. The summed E-state index contributed by atoms with van der Waals surface area (Å²) in [7, 11) is 1.50. The number of fused-ring (bicyclic) bond motifs is 1. The lowest BCUT2D eigenvalue weighted by atomic mass is 10.1. The van der Waals surface area contributed by atoms with Crippen molar-refractivity contribution in [3.05, 3.63) is 54.3 Å². The summed E-state index contributed by atoms with van der Waals surface area (Å²) in [4.78, 5) is 7.71. The molecule has 2 aromatic carbocycles. The Bertz CT molecular complexity index is 956. The predicted octanol–water partition coefficient (Wildman–Crippen LogP) is 3.77.